The molecule has 4 rings (SSSR count). The fourth-order valence-corrected chi connectivity index (χ4v) is 4.59. The number of fused-ring (bicyclic) bond motifs is 1. The Hall–Kier alpha value is -3.01. The number of carbonyl (C=O) groups is 1. The van der Waals surface area contributed by atoms with E-state index in [2.05, 4.69) is 15.0 Å². The van der Waals surface area contributed by atoms with E-state index in [4.69, 9.17) is 19.9 Å². The zero-order chi connectivity index (χ0) is 25.8. The Bertz CT molecular complexity index is 1210. The van der Waals surface area contributed by atoms with Gasteiger partial charge in [0.2, 0.25) is 0 Å². The number of nitrogen functional groups attached to an aromatic ring is 1. The molecule has 2 aromatic heterocycles. The number of hydrogen-bond acceptors (Lipinski definition) is 13. The summed E-state index contributed by atoms with van der Waals surface area (Å²) in [5, 5.41) is 41.0. The molecule has 0 radical (unpaired) electrons. The quantitative estimate of drug-likeness (QED) is 0.173. The van der Waals surface area contributed by atoms with E-state index in [0.717, 1.165) is 11.8 Å². The summed E-state index contributed by atoms with van der Waals surface area (Å²) in [5.41, 5.74) is 6.81. The number of nitrogens with zero attached hydrogens (tertiary/aromatic N) is 4. The van der Waals surface area contributed by atoms with E-state index >= 15 is 0 Å². The molecule has 1 unspecified atom stereocenters. The molecule has 1 saturated heterocycles. The van der Waals surface area contributed by atoms with E-state index in [1.807, 2.05) is 0 Å². The average Bonchev–Trinajstić information content (AvgIpc) is 3.39. The Kier molecular flexibility index (Phi) is 8.23. The highest BCUT2D eigenvalue weighted by atomic mass is 32.2. The summed E-state index contributed by atoms with van der Waals surface area (Å²) in [6, 6.07) is 6.44. The second kappa shape index (κ2) is 11.4. The van der Waals surface area contributed by atoms with Crippen molar-refractivity contribution >= 4 is 34.7 Å². The Morgan fingerprint density at radius 1 is 1.31 bits per heavy atom. The van der Waals surface area contributed by atoms with Crippen LogP contribution in [0.5, 0.6) is 5.75 Å². The van der Waals surface area contributed by atoms with Gasteiger partial charge in [-0.05, 0) is 25.1 Å². The van der Waals surface area contributed by atoms with Crippen LogP contribution in [0, 0.1) is 0 Å². The van der Waals surface area contributed by atoms with Gasteiger partial charge in [-0.15, -0.1) is 0 Å². The van der Waals surface area contributed by atoms with Crippen molar-refractivity contribution in [1.29, 1.82) is 0 Å². The third-order valence-electron chi connectivity index (χ3n) is 5.44. The van der Waals surface area contributed by atoms with Gasteiger partial charge in [0.25, 0.3) is 0 Å². The number of nitrogens with two attached hydrogens (primary N) is 1. The molecule has 1 aromatic carbocycles. The molecule has 13 nitrogen and oxygen atoms in total. The third kappa shape index (κ3) is 5.38. The SMILES string of the molecule is CCOC(=O)c1cccc(OCC(O)CSc2nc3c(N)ncnc3n2[C@@H]2O[C@H](CO)[C@@H](O)[C@H]2O)c1. The lowest BCUT2D eigenvalue weighted by atomic mass is 10.1. The van der Waals surface area contributed by atoms with Gasteiger partial charge in [0, 0.05) is 5.75 Å². The van der Waals surface area contributed by atoms with Gasteiger partial charge in [-0.1, -0.05) is 17.8 Å². The first-order chi connectivity index (χ1) is 17.3. The lowest BCUT2D eigenvalue weighted by Crippen LogP contribution is -2.33. The summed E-state index contributed by atoms with van der Waals surface area (Å²) >= 11 is 1.13. The van der Waals surface area contributed by atoms with Crippen molar-refractivity contribution in [1.82, 2.24) is 19.5 Å². The Labute approximate surface area is 209 Å². The number of aliphatic hydroxyl groups excluding tert-OH is 4. The summed E-state index contributed by atoms with van der Waals surface area (Å²) in [5.74, 6) is 0.164. The molecular weight excluding hydrogens is 494 g/mol. The smallest absolute Gasteiger partial charge is 0.338 e. The van der Waals surface area contributed by atoms with Gasteiger partial charge < -0.3 is 40.4 Å². The number of aromatic nitrogens is 4. The van der Waals surface area contributed by atoms with Gasteiger partial charge in [-0.2, -0.15) is 0 Å². The van der Waals surface area contributed by atoms with Gasteiger partial charge in [-0.25, -0.2) is 19.7 Å². The predicted octanol–water partition coefficient (Wildman–Crippen LogP) is -0.271. The van der Waals surface area contributed by atoms with Crippen molar-refractivity contribution < 1.29 is 39.4 Å². The van der Waals surface area contributed by atoms with E-state index in [9.17, 15) is 25.2 Å². The molecule has 5 atom stereocenters. The van der Waals surface area contributed by atoms with Crippen LogP contribution in [-0.2, 0) is 9.47 Å². The normalized spacial score (nSPS) is 22.6. The molecule has 0 amide bonds. The first kappa shape index (κ1) is 26.1. The number of benzene rings is 1. The van der Waals surface area contributed by atoms with Gasteiger partial charge in [0.15, 0.2) is 28.4 Å². The standard InChI is InChI=1S/C22H27N5O8S/c1-2-33-21(32)11-4-3-5-13(6-11)34-8-12(29)9-36-22-26-15-18(23)24-10-25-19(15)27(22)20-17(31)16(30)14(7-28)35-20/h3-6,10,12,14,16-17,20,28-31H,2,7-9H2,1H3,(H2,23,24,25)/t12?,14-,16-,17-,20-/m1/s1. The molecule has 194 valence electrons. The zero-order valence-corrected chi connectivity index (χ0v) is 20.1. The molecule has 1 aliphatic rings. The molecular formula is C22H27N5O8S. The van der Waals surface area contributed by atoms with Crippen molar-refractivity contribution in [3.05, 3.63) is 36.2 Å². The second-order valence-corrected chi connectivity index (χ2v) is 8.94. The molecule has 14 heteroatoms. The van der Waals surface area contributed by atoms with Crippen molar-refractivity contribution in [2.75, 3.05) is 31.3 Å². The predicted molar refractivity (Wildman–Crippen MR) is 127 cm³/mol. The minimum atomic E-state index is -1.37. The van der Waals surface area contributed by atoms with Crippen LogP contribution in [0.2, 0.25) is 0 Å². The Morgan fingerprint density at radius 3 is 2.83 bits per heavy atom. The molecule has 0 bridgehead atoms. The number of carbonyl (C=O) groups excluding carboxylic acids is 1. The molecule has 0 aliphatic carbocycles. The summed E-state index contributed by atoms with van der Waals surface area (Å²) in [6.07, 6.45) is -4.49. The number of ether oxygens (including phenoxy) is 3. The molecule has 1 aliphatic heterocycles. The number of hydrogen-bond donors (Lipinski definition) is 5. The summed E-state index contributed by atoms with van der Waals surface area (Å²) in [6.45, 7) is 1.40. The summed E-state index contributed by atoms with van der Waals surface area (Å²) in [7, 11) is 0. The lowest BCUT2D eigenvalue weighted by molar-refractivity contribution is -0.0548. The molecule has 3 aromatic rings. The maximum absolute atomic E-state index is 11.9. The largest absolute Gasteiger partial charge is 0.491 e. The van der Waals surface area contributed by atoms with Crippen LogP contribution in [0.15, 0.2) is 35.7 Å². The highest BCUT2D eigenvalue weighted by molar-refractivity contribution is 7.99. The fraction of sp³-hybridized carbons (Fsp3) is 0.455. The monoisotopic (exact) mass is 521 g/mol. The Morgan fingerprint density at radius 2 is 2.11 bits per heavy atom. The van der Waals surface area contributed by atoms with E-state index < -0.39 is 43.2 Å². The van der Waals surface area contributed by atoms with Gasteiger partial charge >= 0.3 is 5.97 Å². The van der Waals surface area contributed by atoms with Crippen molar-refractivity contribution in [2.24, 2.45) is 0 Å². The molecule has 1 fully saturated rings. The average molecular weight is 522 g/mol. The highest BCUT2D eigenvalue weighted by Crippen LogP contribution is 2.36. The number of esters is 1. The molecule has 6 N–H and O–H groups in total. The van der Waals surface area contributed by atoms with Crippen LogP contribution in [0.1, 0.15) is 23.5 Å². The number of anilines is 1. The van der Waals surface area contributed by atoms with Gasteiger partial charge in [0.05, 0.1) is 24.9 Å². The summed E-state index contributed by atoms with van der Waals surface area (Å²) < 4.78 is 17.7. The number of thioether (sulfide) groups is 1. The van der Waals surface area contributed by atoms with Crippen molar-refractivity contribution in [3.63, 3.8) is 0 Å². The number of aliphatic hydroxyl groups is 4. The van der Waals surface area contributed by atoms with Crippen molar-refractivity contribution in [3.8, 4) is 5.75 Å². The minimum absolute atomic E-state index is 0.0741. The Balaban J connectivity index is 1.47. The third-order valence-corrected chi connectivity index (χ3v) is 6.53. The number of rotatable bonds is 10. The first-order valence-electron chi connectivity index (χ1n) is 11.2. The van der Waals surface area contributed by atoms with Crippen LogP contribution in [0.25, 0.3) is 11.2 Å². The lowest BCUT2D eigenvalue weighted by Gasteiger charge is -2.19. The van der Waals surface area contributed by atoms with Crippen LogP contribution < -0.4 is 10.5 Å². The molecule has 0 spiro atoms. The minimum Gasteiger partial charge on any atom is -0.491 e. The van der Waals surface area contributed by atoms with Crippen LogP contribution in [-0.4, -0.2) is 95.9 Å². The highest BCUT2D eigenvalue weighted by Gasteiger charge is 2.45. The summed E-state index contributed by atoms with van der Waals surface area (Å²) in [4.78, 5) is 24.5. The van der Waals surface area contributed by atoms with E-state index in [1.54, 1.807) is 25.1 Å². The fourth-order valence-electron chi connectivity index (χ4n) is 3.67. The van der Waals surface area contributed by atoms with Crippen molar-refractivity contribution in [2.45, 2.75) is 42.7 Å². The van der Waals surface area contributed by atoms with E-state index in [-0.39, 0.29) is 35.9 Å². The zero-order valence-electron chi connectivity index (χ0n) is 19.3. The second-order valence-electron chi connectivity index (χ2n) is 7.95. The van der Waals surface area contributed by atoms with Gasteiger partial charge in [-0.3, -0.25) is 4.57 Å². The van der Waals surface area contributed by atoms with Crippen LogP contribution >= 0.6 is 11.8 Å². The van der Waals surface area contributed by atoms with E-state index in [0.29, 0.717) is 16.5 Å². The maximum Gasteiger partial charge on any atom is 0.338 e. The van der Waals surface area contributed by atoms with E-state index in [1.165, 1.54) is 17.0 Å². The van der Waals surface area contributed by atoms with Crippen LogP contribution in [0.4, 0.5) is 5.82 Å². The molecule has 0 saturated carbocycles. The molecule has 3 heterocycles. The number of imidazole rings is 1. The molecule has 36 heavy (non-hydrogen) atoms. The van der Waals surface area contributed by atoms with Gasteiger partial charge in [0.1, 0.15) is 37.0 Å². The first-order valence-corrected chi connectivity index (χ1v) is 12.1. The topological polar surface area (TPSA) is 195 Å². The van der Waals surface area contributed by atoms with Crippen LogP contribution in [0.3, 0.4) is 0 Å². The maximum atomic E-state index is 11.9.